The summed E-state index contributed by atoms with van der Waals surface area (Å²) in [5.41, 5.74) is 6.14. The predicted octanol–water partition coefficient (Wildman–Crippen LogP) is 5.99. The van der Waals surface area contributed by atoms with Gasteiger partial charge in [-0.25, -0.2) is 4.99 Å². The van der Waals surface area contributed by atoms with E-state index >= 15 is 0 Å². The third-order valence-electron chi connectivity index (χ3n) is 6.96. The number of nitrogens with one attached hydrogen (secondary N) is 1. The van der Waals surface area contributed by atoms with Crippen molar-refractivity contribution in [1.82, 2.24) is 4.90 Å². The van der Waals surface area contributed by atoms with Crippen LogP contribution < -0.4 is 5.32 Å². The Bertz CT molecular complexity index is 1140. The molecule has 0 aromatic heterocycles. The summed E-state index contributed by atoms with van der Waals surface area (Å²) < 4.78 is 0. The Morgan fingerprint density at radius 1 is 1.06 bits per heavy atom. The molecule has 1 fully saturated rings. The van der Waals surface area contributed by atoms with Crippen LogP contribution in [-0.4, -0.2) is 52.6 Å². The molecule has 2 aliphatic rings. The number of hydrogen-bond acceptors (Lipinski definition) is 5. The van der Waals surface area contributed by atoms with Gasteiger partial charge in [0.05, 0.1) is 11.5 Å². The van der Waals surface area contributed by atoms with E-state index in [0.717, 1.165) is 60.0 Å². The monoisotopic (exact) mass is 490 g/mol. The molecule has 1 saturated heterocycles. The molecule has 0 bridgehead atoms. The molecule has 35 heavy (non-hydrogen) atoms. The number of anilines is 1. The fourth-order valence-corrected chi connectivity index (χ4v) is 5.54. The number of rotatable bonds is 5. The number of benzene rings is 2. The largest absolute Gasteiger partial charge is 0.325 e. The smallest absolute Gasteiger partial charge is 0.234 e. The molecule has 0 atom stereocenters. The fraction of sp³-hybridized carbons (Fsp3) is 0.483. The van der Waals surface area contributed by atoms with Gasteiger partial charge < -0.3 is 10.2 Å². The lowest BCUT2D eigenvalue weighted by atomic mass is 9.86. The third kappa shape index (κ3) is 6.04. The minimum atomic E-state index is -0.393. The van der Waals surface area contributed by atoms with Crippen molar-refractivity contribution < 1.29 is 4.79 Å². The van der Waals surface area contributed by atoms with Gasteiger partial charge in [0.2, 0.25) is 5.91 Å². The normalized spacial score (nSPS) is 17.9. The number of aliphatic imine (C=N–C) groups is 2. The number of carbonyl (C=O) groups is 1. The number of likely N-dealkylation sites (tertiary alicyclic amines) is 1. The molecule has 186 valence electrons. The fourth-order valence-electron chi connectivity index (χ4n) is 4.66. The molecule has 1 N–H and O–H groups in total. The molecule has 2 aliphatic heterocycles. The molecule has 0 aliphatic carbocycles. The van der Waals surface area contributed by atoms with Crippen molar-refractivity contribution in [3.05, 3.63) is 64.7 Å². The van der Waals surface area contributed by atoms with Crippen molar-refractivity contribution in [2.45, 2.75) is 65.5 Å². The Balaban J connectivity index is 1.53. The Hall–Kier alpha value is -2.44. The number of amides is 1. The summed E-state index contributed by atoms with van der Waals surface area (Å²) in [6.45, 7) is 16.0. The maximum atomic E-state index is 12.8. The first-order chi connectivity index (χ1) is 16.6. The number of nitrogens with zero attached hydrogens (tertiary/aromatic N) is 3. The Morgan fingerprint density at radius 2 is 1.74 bits per heavy atom. The SMILES string of the molecule is CCN1CCC2(CC1)N=C(SCC(=O)Nc1ccc(C)cc1C)C(c1ccc(C(C)(C)C)cc1)=N2. The van der Waals surface area contributed by atoms with Crippen LogP contribution in [0.1, 0.15) is 62.8 Å². The summed E-state index contributed by atoms with van der Waals surface area (Å²) in [5, 5.41) is 3.95. The highest BCUT2D eigenvalue weighted by molar-refractivity contribution is 8.16. The molecule has 2 aromatic rings. The van der Waals surface area contributed by atoms with Gasteiger partial charge in [-0.15, -0.1) is 0 Å². The zero-order chi connectivity index (χ0) is 25.2. The van der Waals surface area contributed by atoms with Gasteiger partial charge in [-0.2, -0.15) is 0 Å². The van der Waals surface area contributed by atoms with Gasteiger partial charge in [-0.1, -0.05) is 81.4 Å². The van der Waals surface area contributed by atoms with E-state index in [4.69, 9.17) is 9.98 Å². The van der Waals surface area contributed by atoms with Crippen LogP contribution in [-0.2, 0) is 10.2 Å². The zero-order valence-electron chi connectivity index (χ0n) is 21.9. The van der Waals surface area contributed by atoms with Crippen LogP contribution in [0, 0.1) is 13.8 Å². The van der Waals surface area contributed by atoms with Gasteiger partial charge in [-0.3, -0.25) is 9.79 Å². The number of hydrogen-bond donors (Lipinski definition) is 1. The van der Waals surface area contributed by atoms with E-state index in [1.165, 1.54) is 22.9 Å². The summed E-state index contributed by atoms with van der Waals surface area (Å²) in [6, 6.07) is 14.8. The average molecular weight is 491 g/mol. The highest BCUT2D eigenvalue weighted by Crippen LogP contribution is 2.36. The lowest BCUT2D eigenvalue weighted by Crippen LogP contribution is -2.41. The Morgan fingerprint density at radius 3 is 2.34 bits per heavy atom. The first-order valence-electron chi connectivity index (χ1n) is 12.6. The second kappa shape index (κ2) is 10.3. The number of piperidine rings is 1. The maximum Gasteiger partial charge on any atom is 0.234 e. The second-order valence-electron chi connectivity index (χ2n) is 10.8. The van der Waals surface area contributed by atoms with Crippen LogP contribution >= 0.6 is 11.8 Å². The van der Waals surface area contributed by atoms with Gasteiger partial charge in [-0.05, 0) is 43.0 Å². The number of aryl methyl sites for hydroxylation is 2. The van der Waals surface area contributed by atoms with E-state index in [2.05, 4.69) is 75.2 Å². The molecule has 2 heterocycles. The zero-order valence-corrected chi connectivity index (χ0v) is 22.8. The predicted molar refractivity (Wildman–Crippen MR) is 150 cm³/mol. The molecule has 1 spiro atoms. The van der Waals surface area contributed by atoms with E-state index in [-0.39, 0.29) is 11.3 Å². The lowest BCUT2D eigenvalue weighted by Gasteiger charge is -2.34. The number of thioether (sulfide) groups is 1. The summed E-state index contributed by atoms with van der Waals surface area (Å²) >= 11 is 1.50. The van der Waals surface area contributed by atoms with Crippen LogP contribution in [0.5, 0.6) is 0 Å². The lowest BCUT2D eigenvalue weighted by molar-refractivity contribution is -0.113. The summed E-state index contributed by atoms with van der Waals surface area (Å²) in [5.74, 6) is 0.288. The van der Waals surface area contributed by atoms with Crippen molar-refractivity contribution in [2.24, 2.45) is 9.98 Å². The minimum absolute atomic E-state index is 0.0196. The standard InChI is InChI=1S/C29H38N4OS/c1-7-33-16-14-29(15-17-33)31-26(22-9-11-23(12-10-22)28(4,5)6)27(32-29)35-19-25(34)30-24-13-8-20(2)18-21(24)3/h8-13,18H,7,14-17,19H2,1-6H3,(H,30,34). The maximum absolute atomic E-state index is 12.8. The molecule has 0 saturated carbocycles. The quantitative estimate of drug-likeness (QED) is 0.560. The second-order valence-corrected chi connectivity index (χ2v) is 11.7. The van der Waals surface area contributed by atoms with Crippen molar-refractivity contribution in [3.8, 4) is 0 Å². The van der Waals surface area contributed by atoms with E-state index in [1.54, 1.807) is 0 Å². The van der Waals surface area contributed by atoms with E-state index < -0.39 is 5.66 Å². The highest BCUT2D eigenvalue weighted by atomic mass is 32.2. The molecule has 0 radical (unpaired) electrons. The molecule has 0 unspecified atom stereocenters. The van der Waals surface area contributed by atoms with E-state index in [1.807, 2.05) is 19.1 Å². The first-order valence-corrected chi connectivity index (χ1v) is 13.6. The number of carbonyl (C=O) groups excluding carboxylic acids is 1. The Labute approximate surface area is 214 Å². The Kier molecular flexibility index (Phi) is 7.53. The molecule has 6 heteroatoms. The van der Waals surface area contributed by atoms with Crippen molar-refractivity contribution in [1.29, 1.82) is 0 Å². The van der Waals surface area contributed by atoms with Crippen LogP contribution in [0.2, 0.25) is 0 Å². The highest BCUT2D eigenvalue weighted by Gasteiger charge is 2.39. The first kappa shape index (κ1) is 25.6. The minimum Gasteiger partial charge on any atom is -0.325 e. The van der Waals surface area contributed by atoms with Crippen LogP contribution in [0.15, 0.2) is 52.4 Å². The van der Waals surface area contributed by atoms with Gasteiger partial charge >= 0.3 is 0 Å². The summed E-state index contributed by atoms with van der Waals surface area (Å²) in [6.07, 6.45) is 1.84. The van der Waals surface area contributed by atoms with Crippen LogP contribution in [0.25, 0.3) is 0 Å². The van der Waals surface area contributed by atoms with Crippen LogP contribution in [0.3, 0.4) is 0 Å². The van der Waals surface area contributed by atoms with Crippen molar-refractivity contribution in [3.63, 3.8) is 0 Å². The van der Waals surface area contributed by atoms with Crippen LogP contribution in [0.4, 0.5) is 5.69 Å². The van der Waals surface area contributed by atoms with Gasteiger partial charge in [0, 0.05) is 37.2 Å². The van der Waals surface area contributed by atoms with E-state index in [0.29, 0.717) is 5.75 Å². The van der Waals surface area contributed by atoms with E-state index in [9.17, 15) is 4.79 Å². The molecule has 2 aromatic carbocycles. The summed E-state index contributed by atoms with van der Waals surface area (Å²) in [7, 11) is 0. The molecular weight excluding hydrogens is 452 g/mol. The van der Waals surface area contributed by atoms with Gasteiger partial charge in [0.15, 0.2) is 5.66 Å². The topological polar surface area (TPSA) is 57.1 Å². The summed E-state index contributed by atoms with van der Waals surface area (Å²) in [4.78, 5) is 25.6. The third-order valence-corrected chi connectivity index (χ3v) is 7.92. The average Bonchev–Trinajstić information content (AvgIpc) is 3.17. The molecular formula is C29H38N4OS. The van der Waals surface area contributed by atoms with Gasteiger partial charge in [0.25, 0.3) is 0 Å². The van der Waals surface area contributed by atoms with Gasteiger partial charge in [0.1, 0.15) is 5.04 Å². The molecule has 1 amide bonds. The van der Waals surface area contributed by atoms with Crippen molar-refractivity contribution in [2.75, 3.05) is 30.7 Å². The molecule has 4 rings (SSSR count). The van der Waals surface area contributed by atoms with Crippen molar-refractivity contribution >= 4 is 34.1 Å². The molecule has 5 nitrogen and oxygen atoms in total.